The number of hydrogen-bond donors (Lipinski definition) is 1. The van der Waals surface area contributed by atoms with Crippen molar-refractivity contribution < 1.29 is 5.11 Å². The summed E-state index contributed by atoms with van der Waals surface area (Å²) in [6, 6.07) is 3.96. The average Bonchev–Trinajstić information content (AvgIpc) is 2.29. The molecule has 1 aromatic rings. The minimum absolute atomic E-state index is 0.423. The molecule has 2 nitrogen and oxygen atoms in total. The molecule has 0 radical (unpaired) electrons. The second-order valence-electron chi connectivity index (χ2n) is 3.68. The van der Waals surface area contributed by atoms with E-state index in [1.54, 1.807) is 0 Å². The highest BCUT2D eigenvalue weighted by molar-refractivity contribution is 7.99. The number of aromatic nitrogens is 1. The Morgan fingerprint density at radius 1 is 1.33 bits per heavy atom. The van der Waals surface area contributed by atoms with Gasteiger partial charge in [-0.2, -0.15) is 0 Å². The fraction of sp³-hybridized carbons (Fsp3) is 0.583. The summed E-state index contributed by atoms with van der Waals surface area (Å²) in [5.74, 6) is 0. The molecule has 0 aliphatic rings. The van der Waals surface area contributed by atoms with Crippen LogP contribution >= 0.6 is 11.8 Å². The van der Waals surface area contributed by atoms with Gasteiger partial charge >= 0.3 is 0 Å². The lowest BCUT2D eigenvalue weighted by Gasteiger charge is -2.10. The van der Waals surface area contributed by atoms with Gasteiger partial charge in [-0.15, -0.1) is 11.8 Å². The van der Waals surface area contributed by atoms with Crippen LogP contribution in [0.15, 0.2) is 23.2 Å². The van der Waals surface area contributed by atoms with Crippen LogP contribution < -0.4 is 0 Å². The van der Waals surface area contributed by atoms with Crippen LogP contribution in [-0.2, 0) is 0 Å². The van der Waals surface area contributed by atoms with Crippen LogP contribution in [-0.4, -0.2) is 15.3 Å². The molecule has 1 rings (SSSR count). The van der Waals surface area contributed by atoms with Crippen molar-refractivity contribution in [1.29, 1.82) is 0 Å². The zero-order chi connectivity index (χ0) is 11.3. The first-order valence-corrected chi connectivity index (χ1v) is 6.36. The first-order valence-electron chi connectivity index (χ1n) is 5.48. The molecule has 0 spiro atoms. The van der Waals surface area contributed by atoms with Gasteiger partial charge in [0.1, 0.15) is 0 Å². The van der Waals surface area contributed by atoms with Crippen LogP contribution in [0.5, 0.6) is 0 Å². The van der Waals surface area contributed by atoms with Gasteiger partial charge in [0.25, 0.3) is 0 Å². The standard InChI is InChI=1S/C12H19NOS/c1-4-9(3)15-10-6-7-11(13-8-10)12(14)5-2/h6-9,12,14H,4-5H2,1-3H3/t9?,12-/m0/s1. The van der Waals surface area contributed by atoms with Gasteiger partial charge in [0, 0.05) is 16.3 Å². The van der Waals surface area contributed by atoms with Gasteiger partial charge in [-0.25, -0.2) is 0 Å². The van der Waals surface area contributed by atoms with Crippen molar-refractivity contribution in [1.82, 2.24) is 4.98 Å². The molecule has 0 fully saturated rings. The monoisotopic (exact) mass is 225 g/mol. The highest BCUT2D eigenvalue weighted by Gasteiger charge is 2.07. The van der Waals surface area contributed by atoms with Crippen LogP contribution in [0.2, 0.25) is 0 Å². The Hall–Kier alpha value is -0.540. The summed E-state index contributed by atoms with van der Waals surface area (Å²) in [5.41, 5.74) is 0.769. The van der Waals surface area contributed by atoms with E-state index in [-0.39, 0.29) is 0 Å². The molecule has 1 unspecified atom stereocenters. The predicted octanol–water partition coefficient (Wildman–Crippen LogP) is 3.42. The molecule has 0 aliphatic carbocycles. The molecule has 1 N–H and O–H groups in total. The third-order valence-corrected chi connectivity index (χ3v) is 3.65. The summed E-state index contributed by atoms with van der Waals surface area (Å²) < 4.78 is 0. The number of hydrogen-bond acceptors (Lipinski definition) is 3. The Bertz CT molecular complexity index is 286. The van der Waals surface area contributed by atoms with Crippen molar-refractivity contribution in [3.63, 3.8) is 0 Å². The Morgan fingerprint density at radius 2 is 2.07 bits per heavy atom. The van der Waals surface area contributed by atoms with E-state index >= 15 is 0 Å². The van der Waals surface area contributed by atoms with Gasteiger partial charge in [0.2, 0.25) is 0 Å². The topological polar surface area (TPSA) is 33.1 Å². The molecule has 15 heavy (non-hydrogen) atoms. The molecule has 2 atom stereocenters. The van der Waals surface area contributed by atoms with E-state index in [4.69, 9.17) is 0 Å². The van der Waals surface area contributed by atoms with Crippen LogP contribution in [0, 0.1) is 0 Å². The van der Waals surface area contributed by atoms with E-state index in [1.807, 2.05) is 37.0 Å². The van der Waals surface area contributed by atoms with E-state index in [2.05, 4.69) is 18.8 Å². The van der Waals surface area contributed by atoms with Gasteiger partial charge in [0.05, 0.1) is 11.8 Å². The van der Waals surface area contributed by atoms with Crippen molar-refractivity contribution in [2.24, 2.45) is 0 Å². The lowest BCUT2D eigenvalue weighted by Crippen LogP contribution is -1.99. The third kappa shape index (κ3) is 3.84. The fourth-order valence-corrected chi connectivity index (χ4v) is 2.07. The number of nitrogens with zero attached hydrogens (tertiary/aromatic N) is 1. The van der Waals surface area contributed by atoms with Crippen molar-refractivity contribution in [3.8, 4) is 0 Å². The highest BCUT2D eigenvalue weighted by Crippen LogP contribution is 2.25. The molecule has 0 saturated heterocycles. The Morgan fingerprint density at radius 3 is 2.53 bits per heavy atom. The molecule has 0 amide bonds. The van der Waals surface area contributed by atoms with E-state index in [0.717, 1.165) is 12.1 Å². The minimum atomic E-state index is -0.423. The average molecular weight is 225 g/mol. The van der Waals surface area contributed by atoms with Crippen LogP contribution in [0.4, 0.5) is 0 Å². The first-order chi connectivity index (χ1) is 7.17. The molecule has 3 heteroatoms. The third-order valence-electron chi connectivity index (χ3n) is 2.40. The summed E-state index contributed by atoms with van der Waals surface area (Å²) in [4.78, 5) is 5.44. The van der Waals surface area contributed by atoms with Gasteiger partial charge in [-0.3, -0.25) is 4.98 Å². The van der Waals surface area contributed by atoms with Gasteiger partial charge in [-0.1, -0.05) is 20.8 Å². The second kappa shape index (κ2) is 6.13. The quantitative estimate of drug-likeness (QED) is 0.779. The maximum absolute atomic E-state index is 9.58. The second-order valence-corrected chi connectivity index (χ2v) is 5.19. The number of thioether (sulfide) groups is 1. The van der Waals surface area contributed by atoms with Crippen molar-refractivity contribution >= 4 is 11.8 Å². The number of pyridine rings is 1. The number of rotatable bonds is 5. The first kappa shape index (κ1) is 12.5. The van der Waals surface area contributed by atoms with Crippen LogP contribution in [0.3, 0.4) is 0 Å². The van der Waals surface area contributed by atoms with Gasteiger partial charge in [0.15, 0.2) is 0 Å². The van der Waals surface area contributed by atoms with Gasteiger partial charge in [-0.05, 0) is 25.0 Å². The van der Waals surface area contributed by atoms with Crippen molar-refractivity contribution in [2.45, 2.75) is 49.9 Å². The lowest BCUT2D eigenvalue weighted by molar-refractivity contribution is 0.169. The highest BCUT2D eigenvalue weighted by atomic mass is 32.2. The molecule has 0 aliphatic heterocycles. The minimum Gasteiger partial charge on any atom is -0.387 e. The normalized spacial score (nSPS) is 14.9. The number of aliphatic hydroxyl groups excluding tert-OH is 1. The Balaban J connectivity index is 2.64. The summed E-state index contributed by atoms with van der Waals surface area (Å²) in [7, 11) is 0. The summed E-state index contributed by atoms with van der Waals surface area (Å²) in [6.45, 7) is 6.34. The van der Waals surface area contributed by atoms with Crippen LogP contribution in [0.25, 0.3) is 0 Å². The molecule has 0 bridgehead atoms. The van der Waals surface area contributed by atoms with E-state index in [0.29, 0.717) is 11.7 Å². The molecule has 1 aromatic heterocycles. The SMILES string of the molecule is CCC(C)Sc1ccc([C@@H](O)CC)nc1. The van der Waals surface area contributed by atoms with Crippen molar-refractivity contribution in [3.05, 3.63) is 24.0 Å². The predicted molar refractivity (Wildman–Crippen MR) is 65.1 cm³/mol. The Kier molecular flexibility index (Phi) is 5.12. The summed E-state index contributed by atoms with van der Waals surface area (Å²) >= 11 is 1.83. The smallest absolute Gasteiger partial charge is 0.0957 e. The molecule has 0 saturated carbocycles. The van der Waals surface area contributed by atoms with E-state index in [1.165, 1.54) is 4.90 Å². The lowest BCUT2D eigenvalue weighted by atomic mass is 10.2. The summed E-state index contributed by atoms with van der Waals surface area (Å²) in [5, 5.41) is 10.2. The molecule has 0 aromatic carbocycles. The molecular weight excluding hydrogens is 206 g/mol. The zero-order valence-corrected chi connectivity index (χ0v) is 10.4. The molecular formula is C12H19NOS. The number of aliphatic hydroxyl groups is 1. The zero-order valence-electron chi connectivity index (χ0n) is 9.60. The Labute approximate surface area is 96.1 Å². The van der Waals surface area contributed by atoms with Crippen LogP contribution in [0.1, 0.15) is 45.4 Å². The van der Waals surface area contributed by atoms with Gasteiger partial charge < -0.3 is 5.11 Å². The van der Waals surface area contributed by atoms with E-state index < -0.39 is 6.10 Å². The summed E-state index contributed by atoms with van der Waals surface area (Å²) in [6.07, 6.45) is 3.30. The molecule has 1 heterocycles. The molecule has 84 valence electrons. The fourth-order valence-electron chi connectivity index (χ4n) is 1.18. The van der Waals surface area contributed by atoms with E-state index in [9.17, 15) is 5.11 Å². The van der Waals surface area contributed by atoms with Crippen molar-refractivity contribution in [2.75, 3.05) is 0 Å². The maximum atomic E-state index is 9.58. The maximum Gasteiger partial charge on any atom is 0.0957 e. The largest absolute Gasteiger partial charge is 0.387 e.